The largest absolute Gasteiger partial charge is 0.381 e. The lowest BCUT2D eigenvalue weighted by molar-refractivity contribution is -0.0299. The van der Waals surface area contributed by atoms with Gasteiger partial charge in [-0.1, -0.05) is 30.3 Å². The van der Waals surface area contributed by atoms with E-state index in [9.17, 15) is 4.79 Å². The van der Waals surface area contributed by atoms with E-state index >= 15 is 0 Å². The Balaban J connectivity index is 1.50. The molecule has 2 aliphatic heterocycles. The van der Waals surface area contributed by atoms with E-state index in [2.05, 4.69) is 27.3 Å². The molecule has 1 aromatic heterocycles. The Bertz CT molecular complexity index is 838. The number of amides is 1. The average Bonchev–Trinajstić information content (AvgIpc) is 2.77. The summed E-state index contributed by atoms with van der Waals surface area (Å²) in [5, 5.41) is 2.98. The third kappa shape index (κ3) is 5.25. The summed E-state index contributed by atoms with van der Waals surface area (Å²) < 4.78 is 10.6. The molecule has 0 aliphatic carbocycles. The first-order valence-electron chi connectivity index (χ1n) is 10.5. The number of carbonyl (C=O) groups is 1. The Morgan fingerprint density at radius 1 is 1.17 bits per heavy atom. The van der Waals surface area contributed by atoms with Crippen LogP contribution in [0.2, 0.25) is 0 Å². The number of hydrogen-bond donors (Lipinski definition) is 1. The SMILES string of the molecule is CN(CCc1ccccc1)c1nc(C(=O)NCC2COC2)cc(N2CCOCC2)n1. The molecule has 8 heteroatoms. The summed E-state index contributed by atoms with van der Waals surface area (Å²) >= 11 is 0. The molecular formula is C22H29N5O3. The Morgan fingerprint density at radius 2 is 1.93 bits per heavy atom. The third-order valence-corrected chi connectivity index (χ3v) is 5.45. The van der Waals surface area contributed by atoms with Crippen LogP contribution in [-0.2, 0) is 15.9 Å². The topological polar surface area (TPSA) is 79.8 Å². The van der Waals surface area contributed by atoms with E-state index in [0.717, 1.165) is 31.9 Å². The monoisotopic (exact) mass is 411 g/mol. The molecule has 0 bridgehead atoms. The second-order valence-corrected chi connectivity index (χ2v) is 7.78. The number of rotatable bonds is 8. The van der Waals surface area contributed by atoms with Crippen molar-refractivity contribution in [2.45, 2.75) is 6.42 Å². The molecule has 0 spiro atoms. The van der Waals surface area contributed by atoms with Crippen molar-refractivity contribution in [1.29, 1.82) is 0 Å². The van der Waals surface area contributed by atoms with Crippen molar-refractivity contribution >= 4 is 17.7 Å². The molecule has 0 atom stereocenters. The quantitative estimate of drug-likeness (QED) is 0.703. The fraction of sp³-hybridized carbons (Fsp3) is 0.500. The molecule has 2 fully saturated rings. The van der Waals surface area contributed by atoms with Crippen LogP contribution in [-0.4, -0.2) is 75.5 Å². The summed E-state index contributed by atoms with van der Waals surface area (Å²) in [6.07, 6.45) is 0.881. The van der Waals surface area contributed by atoms with E-state index in [-0.39, 0.29) is 5.91 Å². The van der Waals surface area contributed by atoms with Gasteiger partial charge >= 0.3 is 0 Å². The van der Waals surface area contributed by atoms with Crippen LogP contribution in [0, 0.1) is 5.92 Å². The van der Waals surface area contributed by atoms with E-state index < -0.39 is 0 Å². The van der Waals surface area contributed by atoms with Crippen molar-refractivity contribution in [3.63, 3.8) is 0 Å². The van der Waals surface area contributed by atoms with Crippen LogP contribution in [0.15, 0.2) is 36.4 Å². The second kappa shape index (κ2) is 9.86. The van der Waals surface area contributed by atoms with E-state index in [1.54, 1.807) is 6.07 Å². The highest BCUT2D eigenvalue weighted by atomic mass is 16.5. The maximum absolute atomic E-state index is 12.8. The number of aromatic nitrogens is 2. The van der Waals surface area contributed by atoms with Gasteiger partial charge in [0.15, 0.2) is 0 Å². The highest BCUT2D eigenvalue weighted by molar-refractivity contribution is 5.93. The van der Waals surface area contributed by atoms with Gasteiger partial charge in [0.05, 0.1) is 26.4 Å². The first-order valence-corrected chi connectivity index (χ1v) is 10.5. The predicted molar refractivity (Wildman–Crippen MR) is 115 cm³/mol. The Labute approximate surface area is 177 Å². The van der Waals surface area contributed by atoms with Gasteiger partial charge < -0.3 is 24.6 Å². The van der Waals surface area contributed by atoms with Gasteiger partial charge in [-0.2, -0.15) is 4.98 Å². The van der Waals surface area contributed by atoms with Crippen LogP contribution < -0.4 is 15.1 Å². The fourth-order valence-corrected chi connectivity index (χ4v) is 3.43. The van der Waals surface area contributed by atoms with Gasteiger partial charge in [0.2, 0.25) is 5.95 Å². The molecule has 2 saturated heterocycles. The van der Waals surface area contributed by atoms with Crippen LogP contribution >= 0.6 is 0 Å². The van der Waals surface area contributed by atoms with Crippen molar-refractivity contribution in [3.05, 3.63) is 47.7 Å². The van der Waals surface area contributed by atoms with Crippen molar-refractivity contribution in [1.82, 2.24) is 15.3 Å². The van der Waals surface area contributed by atoms with Gasteiger partial charge in [-0.25, -0.2) is 4.98 Å². The summed E-state index contributed by atoms with van der Waals surface area (Å²) in [6, 6.07) is 12.1. The molecule has 2 aliphatic rings. The number of likely N-dealkylation sites (N-methyl/N-ethyl adjacent to an activating group) is 1. The van der Waals surface area contributed by atoms with Crippen molar-refractivity contribution in [2.75, 3.05) is 69.5 Å². The highest BCUT2D eigenvalue weighted by Gasteiger charge is 2.22. The minimum Gasteiger partial charge on any atom is -0.381 e. The number of ether oxygens (including phenoxy) is 2. The molecule has 8 nitrogen and oxygen atoms in total. The van der Waals surface area contributed by atoms with Gasteiger partial charge in [-0.05, 0) is 12.0 Å². The number of hydrogen-bond acceptors (Lipinski definition) is 7. The second-order valence-electron chi connectivity index (χ2n) is 7.78. The number of morpholine rings is 1. The van der Waals surface area contributed by atoms with E-state index in [1.807, 2.05) is 30.1 Å². The summed E-state index contributed by atoms with van der Waals surface area (Å²) in [5.41, 5.74) is 1.66. The zero-order valence-electron chi connectivity index (χ0n) is 17.4. The zero-order valence-corrected chi connectivity index (χ0v) is 17.4. The molecule has 1 amide bonds. The maximum atomic E-state index is 12.8. The van der Waals surface area contributed by atoms with Gasteiger partial charge in [-0.3, -0.25) is 4.79 Å². The molecule has 0 saturated carbocycles. The summed E-state index contributed by atoms with van der Waals surface area (Å²) in [6.45, 7) is 5.60. The molecule has 0 radical (unpaired) electrons. The summed E-state index contributed by atoms with van der Waals surface area (Å²) in [4.78, 5) is 26.3. The van der Waals surface area contributed by atoms with E-state index in [4.69, 9.17) is 14.5 Å². The molecule has 0 unspecified atom stereocenters. The third-order valence-electron chi connectivity index (χ3n) is 5.45. The average molecular weight is 412 g/mol. The maximum Gasteiger partial charge on any atom is 0.270 e. The molecule has 4 rings (SSSR count). The lowest BCUT2D eigenvalue weighted by Gasteiger charge is -2.29. The molecule has 1 N–H and O–H groups in total. The van der Waals surface area contributed by atoms with Gasteiger partial charge in [0.25, 0.3) is 5.91 Å². The number of benzene rings is 1. The van der Waals surface area contributed by atoms with Crippen LogP contribution in [0.1, 0.15) is 16.1 Å². The first kappa shape index (κ1) is 20.6. The normalized spacial score (nSPS) is 16.8. The molecule has 1 aromatic carbocycles. The van der Waals surface area contributed by atoms with Gasteiger partial charge in [0.1, 0.15) is 11.5 Å². The predicted octanol–water partition coefficient (Wildman–Crippen LogP) is 1.37. The minimum atomic E-state index is -0.170. The lowest BCUT2D eigenvalue weighted by atomic mass is 10.1. The van der Waals surface area contributed by atoms with Gasteiger partial charge in [0, 0.05) is 45.2 Å². The standard InChI is InChI=1S/C22H29N5O3/c1-26(8-7-17-5-3-2-4-6-17)22-24-19(21(28)23-14-18-15-30-16-18)13-20(25-22)27-9-11-29-12-10-27/h2-6,13,18H,7-12,14-16H2,1H3,(H,23,28). The number of nitrogens with zero attached hydrogens (tertiary/aromatic N) is 4. The Morgan fingerprint density at radius 3 is 2.63 bits per heavy atom. The van der Waals surface area contributed by atoms with Crippen LogP contribution in [0.5, 0.6) is 0 Å². The number of carbonyl (C=O) groups excluding carboxylic acids is 1. The van der Waals surface area contributed by atoms with Gasteiger partial charge in [-0.15, -0.1) is 0 Å². The minimum absolute atomic E-state index is 0.170. The Hall–Kier alpha value is -2.71. The lowest BCUT2D eigenvalue weighted by Crippen LogP contribution is -2.40. The highest BCUT2D eigenvalue weighted by Crippen LogP contribution is 2.19. The fourth-order valence-electron chi connectivity index (χ4n) is 3.43. The van der Waals surface area contributed by atoms with Crippen LogP contribution in [0.25, 0.3) is 0 Å². The van der Waals surface area contributed by atoms with Crippen molar-refractivity contribution < 1.29 is 14.3 Å². The number of anilines is 2. The van der Waals surface area contributed by atoms with Crippen molar-refractivity contribution in [2.24, 2.45) is 5.92 Å². The zero-order chi connectivity index (χ0) is 20.8. The first-order chi connectivity index (χ1) is 14.7. The van der Waals surface area contributed by atoms with Crippen molar-refractivity contribution in [3.8, 4) is 0 Å². The summed E-state index contributed by atoms with van der Waals surface area (Å²) in [7, 11) is 1.97. The molecule has 3 heterocycles. The number of nitrogens with one attached hydrogen (secondary N) is 1. The van der Waals surface area contributed by atoms with Crippen LogP contribution in [0.4, 0.5) is 11.8 Å². The van der Waals surface area contributed by atoms with Crippen LogP contribution in [0.3, 0.4) is 0 Å². The Kier molecular flexibility index (Phi) is 6.76. The van der Waals surface area contributed by atoms with E-state index in [0.29, 0.717) is 50.5 Å². The molecule has 30 heavy (non-hydrogen) atoms. The smallest absolute Gasteiger partial charge is 0.270 e. The molecule has 2 aromatic rings. The molecular weight excluding hydrogens is 382 g/mol. The summed E-state index contributed by atoms with van der Waals surface area (Å²) in [5.74, 6) is 1.55. The van der Waals surface area contributed by atoms with E-state index in [1.165, 1.54) is 5.56 Å². The molecule has 160 valence electrons.